The van der Waals surface area contributed by atoms with E-state index in [9.17, 15) is 5.11 Å². The number of aliphatic hydroxyl groups is 1. The van der Waals surface area contributed by atoms with E-state index in [1.807, 2.05) is 24.3 Å². The van der Waals surface area contributed by atoms with Crippen molar-refractivity contribution in [2.24, 2.45) is 0 Å². The molecule has 20 heavy (non-hydrogen) atoms. The summed E-state index contributed by atoms with van der Waals surface area (Å²) in [5.41, 5.74) is 1.00. The topological polar surface area (TPSA) is 45.2 Å². The fourth-order valence-electron chi connectivity index (χ4n) is 2.14. The molecular weight excluding hydrogens is 256 g/mol. The Morgan fingerprint density at radius 1 is 1.15 bits per heavy atom. The smallest absolute Gasteiger partial charge is 0.119 e. The molecule has 2 rings (SSSR count). The van der Waals surface area contributed by atoms with Gasteiger partial charge in [-0.25, -0.2) is 0 Å². The highest BCUT2D eigenvalue weighted by atomic mass is 16.5. The number of methoxy groups -OCH3 is 1. The van der Waals surface area contributed by atoms with Gasteiger partial charge in [0.2, 0.25) is 0 Å². The van der Waals surface area contributed by atoms with Crippen LogP contribution in [0.3, 0.4) is 0 Å². The average Bonchev–Trinajstić information content (AvgIpc) is 2.55. The van der Waals surface area contributed by atoms with E-state index >= 15 is 0 Å². The number of piperazine rings is 1. The van der Waals surface area contributed by atoms with Gasteiger partial charge >= 0.3 is 0 Å². The number of anilines is 1. The Morgan fingerprint density at radius 2 is 1.85 bits per heavy atom. The first-order valence-corrected chi connectivity index (χ1v) is 6.70. The minimum Gasteiger partial charge on any atom is -0.491 e. The van der Waals surface area contributed by atoms with Gasteiger partial charge in [-0.2, -0.15) is 0 Å². The van der Waals surface area contributed by atoms with Crippen molar-refractivity contribution >= 4 is 5.69 Å². The number of nitrogens with zero attached hydrogens (tertiary/aromatic N) is 2. The van der Waals surface area contributed by atoms with Crippen LogP contribution in [0.4, 0.5) is 5.69 Å². The van der Waals surface area contributed by atoms with Gasteiger partial charge in [0.05, 0.1) is 15.9 Å². The predicted molar refractivity (Wildman–Crippen MR) is 79.6 cm³/mol. The van der Waals surface area contributed by atoms with Crippen LogP contribution in [0.2, 0.25) is 0 Å². The van der Waals surface area contributed by atoms with Crippen molar-refractivity contribution < 1.29 is 20.1 Å². The van der Waals surface area contributed by atoms with Gasteiger partial charge in [-0.1, -0.05) is 0 Å². The monoisotopic (exact) mass is 284 g/mol. The second kappa shape index (κ2) is 8.09. The SMILES string of the molecule is [2H]C([2H])(O)C([2H])([2H])N1CCN(c2ccc(OCCOC)cc2)CC1. The molecule has 0 spiro atoms. The first kappa shape index (κ1) is 10.4. The molecule has 1 saturated heterocycles. The number of β-amino-alcohol motifs (C(OH)–C–C–N with tert-alkyl or cyclic N) is 1. The molecule has 1 heterocycles. The number of hydrogen-bond acceptors (Lipinski definition) is 5. The normalized spacial score (nSPS) is 20.8. The van der Waals surface area contributed by atoms with E-state index < -0.39 is 13.1 Å². The lowest BCUT2D eigenvalue weighted by molar-refractivity contribution is 0.146. The molecule has 0 aliphatic carbocycles. The molecule has 0 amide bonds. The van der Waals surface area contributed by atoms with Crippen LogP contribution in [0.1, 0.15) is 5.48 Å². The minimum absolute atomic E-state index is 0.333. The van der Waals surface area contributed by atoms with E-state index in [0.29, 0.717) is 39.4 Å². The van der Waals surface area contributed by atoms with Crippen molar-refractivity contribution in [2.45, 2.75) is 0 Å². The summed E-state index contributed by atoms with van der Waals surface area (Å²) in [4.78, 5) is 3.43. The summed E-state index contributed by atoms with van der Waals surface area (Å²) in [5.74, 6) is 0.763. The van der Waals surface area contributed by atoms with Crippen LogP contribution in [0, 0.1) is 0 Å². The van der Waals surface area contributed by atoms with Gasteiger partial charge in [-0.05, 0) is 24.3 Å². The molecule has 1 aliphatic rings. The van der Waals surface area contributed by atoms with Crippen LogP contribution in [0.25, 0.3) is 0 Å². The molecule has 5 heteroatoms. The van der Waals surface area contributed by atoms with Gasteiger partial charge in [0, 0.05) is 48.2 Å². The number of rotatable bonds is 7. The van der Waals surface area contributed by atoms with Crippen molar-refractivity contribution in [1.82, 2.24) is 4.90 Å². The zero-order chi connectivity index (χ0) is 17.8. The van der Waals surface area contributed by atoms with E-state index in [2.05, 4.69) is 4.90 Å². The summed E-state index contributed by atoms with van der Waals surface area (Å²) in [6.45, 7) is -2.50. The Bertz CT molecular complexity index is 514. The van der Waals surface area contributed by atoms with Crippen LogP contribution >= 0.6 is 0 Å². The molecule has 112 valence electrons. The minimum atomic E-state index is -2.89. The van der Waals surface area contributed by atoms with Crippen molar-refractivity contribution in [3.05, 3.63) is 24.3 Å². The lowest BCUT2D eigenvalue weighted by atomic mass is 10.2. The number of ether oxygens (including phenoxy) is 2. The van der Waals surface area contributed by atoms with E-state index in [4.69, 9.17) is 15.0 Å². The van der Waals surface area contributed by atoms with E-state index in [-0.39, 0.29) is 0 Å². The van der Waals surface area contributed by atoms with Gasteiger partial charge in [0.15, 0.2) is 0 Å². The highest BCUT2D eigenvalue weighted by molar-refractivity contribution is 5.49. The van der Waals surface area contributed by atoms with Crippen LogP contribution in [0.15, 0.2) is 24.3 Å². The molecule has 5 nitrogen and oxygen atoms in total. The molecule has 0 radical (unpaired) electrons. The number of hydrogen-bond donors (Lipinski definition) is 1. The Morgan fingerprint density at radius 3 is 2.45 bits per heavy atom. The number of benzene rings is 1. The largest absolute Gasteiger partial charge is 0.491 e. The van der Waals surface area contributed by atoms with Gasteiger partial charge in [0.25, 0.3) is 0 Å². The Hall–Kier alpha value is -1.30. The van der Waals surface area contributed by atoms with Crippen molar-refractivity contribution in [1.29, 1.82) is 0 Å². The molecule has 0 atom stereocenters. The maximum absolute atomic E-state index is 9.38. The lowest BCUT2D eigenvalue weighted by Gasteiger charge is -2.35. The zero-order valence-electron chi connectivity index (χ0n) is 15.7. The Labute approximate surface area is 126 Å². The van der Waals surface area contributed by atoms with E-state index in [0.717, 1.165) is 11.4 Å². The molecule has 0 bridgehead atoms. The third-order valence-corrected chi connectivity index (χ3v) is 3.25. The fraction of sp³-hybridized carbons (Fsp3) is 0.600. The van der Waals surface area contributed by atoms with Gasteiger partial charge in [-0.15, -0.1) is 0 Å². The Balaban J connectivity index is 1.90. The molecule has 0 saturated carbocycles. The second-order valence-electron chi connectivity index (χ2n) is 4.53. The molecule has 1 aromatic carbocycles. The average molecular weight is 284 g/mol. The zero-order valence-corrected chi connectivity index (χ0v) is 11.7. The highest BCUT2D eigenvalue weighted by Crippen LogP contribution is 2.20. The lowest BCUT2D eigenvalue weighted by Crippen LogP contribution is -2.47. The summed E-state index contributed by atoms with van der Waals surface area (Å²) in [5, 5.41) is 9.38. The molecule has 0 unspecified atom stereocenters. The van der Waals surface area contributed by atoms with E-state index in [1.54, 1.807) is 7.11 Å². The molecule has 1 aromatic rings. The third-order valence-electron chi connectivity index (χ3n) is 3.25. The summed E-state index contributed by atoms with van der Waals surface area (Å²) in [6.07, 6.45) is 0. The maximum atomic E-state index is 9.38. The van der Waals surface area contributed by atoms with Gasteiger partial charge < -0.3 is 19.5 Å². The van der Waals surface area contributed by atoms with Crippen molar-refractivity contribution in [3.8, 4) is 5.75 Å². The van der Waals surface area contributed by atoms with Crippen LogP contribution in [-0.4, -0.2) is 69.6 Å². The van der Waals surface area contributed by atoms with Crippen LogP contribution in [0.5, 0.6) is 5.75 Å². The summed E-state index contributed by atoms with van der Waals surface area (Å²) in [6, 6.07) is 7.64. The first-order valence-electron chi connectivity index (χ1n) is 8.70. The van der Waals surface area contributed by atoms with Crippen LogP contribution in [-0.2, 0) is 4.74 Å². The van der Waals surface area contributed by atoms with Crippen molar-refractivity contribution in [3.63, 3.8) is 0 Å². The molecule has 1 N–H and O–H groups in total. The summed E-state index contributed by atoms with van der Waals surface area (Å²) >= 11 is 0. The fourth-order valence-corrected chi connectivity index (χ4v) is 2.14. The van der Waals surface area contributed by atoms with Crippen LogP contribution < -0.4 is 9.64 Å². The van der Waals surface area contributed by atoms with Crippen molar-refractivity contribution in [2.75, 3.05) is 64.5 Å². The third kappa shape index (κ3) is 4.37. The van der Waals surface area contributed by atoms with E-state index in [1.165, 1.54) is 4.90 Å². The quantitative estimate of drug-likeness (QED) is 0.751. The summed E-state index contributed by atoms with van der Waals surface area (Å²) in [7, 11) is 1.62. The molecular formula is C15H24N2O3. The summed E-state index contributed by atoms with van der Waals surface area (Å²) < 4.78 is 40.5. The van der Waals surface area contributed by atoms with Gasteiger partial charge in [-0.3, -0.25) is 4.90 Å². The maximum Gasteiger partial charge on any atom is 0.119 e. The standard InChI is InChI=1S/C15H24N2O3/c1-19-12-13-20-15-4-2-14(3-5-15)17-8-6-16(7-9-17)10-11-18/h2-5,18H,6-13H2,1H3/i10D2,11D2. The Kier molecular flexibility index (Phi) is 4.22. The molecule has 0 aromatic heterocycles. The molecule has 1 aliphatic heterocycles. The molecule has 1 fully saturated rings. The highest BCUT2D eigenvalue weighted by Gasteiger charge is 2.16. The first-order chi connectivity index (χ1) is 11.3. The second-order valence-corrected chi connectivity index (χ2v) is 4.53. The van der Waals surface area contributed by atoms with Gasteiger partial charge in [0.1, 0.15) is 12.4 Å². The predicted octanol–water partition coefficient (Wildman–Crippen LogP) is 0.826.